The lowest BCUT2D eigenvalue weighted by Crippen LogP contribution is -2.57. The molecule has 0 saturated carbocycles. The molecule has 11 nitrogen and oxygen atoms in total. The number of aliphatic carboxylic acids is 1. The smallest absolute Gasteiger partial charge is 0.410 e. The van der Waals surface area contributed by atoms with Crippen molar-refractivity contribution in [3.8, 4) is 0 Å². The number of fused-ring (bicyclic) bond motifs is 3. The number of carboxylic acids is 1. The van der Waals surface area contributed by atoms with Crippen molar-refractivity contribution in [3.63, 3.8) is 0 Å². The van der Waals surface area contributed by atoms with Crippen LogP contribution in [0.1, 0.15) is 83.4 Å². The Balaban J connectivity index is 1.55. The third-order valence-corrected chi connectivity index (χ3v) is 8.31. The minimum Gasteiger partial charge on any atom is -0.480 e. The number of carbonyl (C=O) groups excluding carboxylic acids is 3. The number of cyclic esters (lactones) is 1. The molecule has 42 heavy (non-hydrogen) atoms. The molecule has 1 fully saturated rings. The van der Waals surface area contributed by atoms with Crippen molar-refractivity contribution >= 4 is 24.1 Å². The van der Waals surface area contributed by atoms with Crippen LogP contribution in [0, 0.1) is 10.8 Å². The SMILES string of the molecule is CC1(C)CCCCCOCc2cccc3c2CN(C3)C(=O)O[C@@H]2CC(C(=O)O)N(C2)C(=O)[C@H](C(C)(C)C)NC(=O)OC1. The van der Waals surface area contributed by atoms with Gasteiger partial charge in [0.2, 0.25) is 5.91 Å². The van der Waals surface area contributed by atoms with Gasteiger partial charge in [0.05, 0.1) is 26.3 Å². The maximum absolute atomic E-state index is 13.8. The third kappa shape index (κ3) is 7.73. The highest BCUT2D eigenvalue weighted by Crippen LogP contribution is 2.31. The lowest BCUT2D eigenvalue weighted by molar-refractivity contribution is -0.150. The Morgan fingerprint density at radius 3 is 2.52 bits per heavy atom. The van der Waals surface area contributed by atoms with E-state index in [1.54, 1.807) is 25.7 Å². The third-order valence-electron chi connectivity index (χ3n) is 8.31. The molecule has 1 aromatic carbocycles. The highest BCUT2D eigenvalue weighted by atomic mass is 16.6. The van der Waals surface area contributed by atoms with E-state index in [4.69, 9.17) is 14.2 Å². The van der Waals surface area contributed by atoms with E-state index in [1.807, 2.05) is 32.0 Å². The number of carbonyl (C=O) groups is 4. The molecule has 4 rings (SSSR count). The standard InChI is InChI=1S/C31H45N3O8/c1-30(2,3)25-26(35)34-16-22(14-24(34)27(36)37)42-29(39)33-15-20-10-9-11-21(23(20)17-33)18-40-13-8-6-7-12-31(4,5)19-41-28(38)32-25/h9-11,22,24-25H,6-8,12-19H2,1-5H3,(H,32,38)(H,36,37)/t22-,24?,25-/m1/s1. The van der Waals surface area contributed by atoms with Gasteiger partial charge in [-0.1, -0.05) is 65.7 Å². The minimum absolute atomic E-state index is 0.0395. The maximum Gasteiger partial charge on any atom is 0.410 e. The summed E-state index contributed by atoms with van der Waals surface area (Å²) in [5.74, 6) is -1.75. The zero-order valence-corrected chi connectivity index (χ0v) is 25.4. The van der Waals surface area contributed by atoms with Crippen molar-refractivity contribution in [1.82, 2.24) is 15.1 Å². The Morgan fingerprint density at radius 1 is 1.07 bits per heavy atom. The monoisotopic (exact) mass is 587 g/mol. The van der Waals surface area contributed by atoms with Gasteiger partial charge in [0.25, 0.3) is 0 Å². The average Bonchev–Trinajstić information content (AvgIpc) is 3.54. The fraction of sp³-hybridized carbons (Fsp3) is 0.677. The first-order chi connectivity index (χ1) is 19.7. The van der Waals surface area contributed by atoms with Gasteiger partial charge < -0.3 is 29.5 Å². The Labute approximate surface area is 247 Å². The number of benzene rings is 1. The molecule has 11 heteroatoms. The molecule has 3 heterocycles. The summed E-state index contributed by atoms with van der Waals surface area (Å²) in [4.78, 5) is 54.8. The molecule has 232 valence electrons. The minimum atomic E-state index is -1.20. The highest BCUT2D eigenvalue weighted by molar-refractivity contribution is 5.90. The second-order valence-corrected chi connectivity index (χ2v) is 13.5. The van der Waals surface area contributed by atoms with E-state index in [2.05, 4.69) is 5.32 Å². The number of hydrogen-bond donors (Lipinski definition) is 2. The first kappa shape index (κ1) is 31.6. The zero-order chi connectivity index (χ0) is 30.7. The Hall–Kier alpha value is -3.34. The first-order valence-corrected chi connectivity index (χ1v) is 14.8. The zero-order valence-electron chi connectivity index (χ0n) is 25.4. The van der Waals surface area contributed by atoms with Crippen molar-refractivity contribution in [3.05, 3.63) is 34.9 Å². The fourth-order valence-corrected chi connectivity index (χ4v) is 5.81. The second-order valence-electron chi connectivity index (χ2n) is 13.5. The number of hydrogen-bond acceptors (Lipinski definition) is 7. The Kier molecular flexibility index (Phi) is 9.70. The molecule has 0 spiro atoms. The van der Waals surface area contributed by atoms with Crippen molar-refractivity contribution in [2.75, 3.05) is 19.8 Å². The van der Waals surface area contributed by atoms with Crippen LogP contribution in [0.2, 0.25) is 0 Å². The van der Waals surface area contributed by atoms with Crippen LogP contribution in [-0.2, 0) is 43.5 Å². The van der Waals surface area contributed by atoms with E-state index < -0.39 is 47.7 Å². The summed E-state index contributed by atoms with van der Waals surface area (Å²) in [6.07, 6.45) is 1.56. The molecule has 3 aliphatic heterocycles. The van der Waals surface area contributed by atoms with Crippen LogP contribution in [0.3, 0.4) is 0 Å². The topological polar surface area (TPSA) is 135 Å². The van der Waals surface area contributed by atoms with E-state index in [9.17, 15) is 24.3 Å². The largest absolute Gasteiger partial charge is 0.480 e. The summed E-state index contributed by atoms with van der Waals surface area (Å²) in [6, 6.07) is 3.72. The van der Waals surface area contributed by atoms with Crippen molar-refractivity contribution in [2.45, 2.75) is 105 Å². The number of nitrogens with one attached hydrogen (secondary N) is 1. The molecule has 0 aliphatic carbocycles. The van der Waals surface area contributed by atoms with E-state index in [0.717, 1.165) is 42.4 Å². The van der Waals surface area contributed by atoms with Crippen molar-refractivity contribution in [2.24, 2.45) is 10.8 Å². The van der Waals surface area contributed by atoms with Gasteiger partial charge in [-0.2, -0.15) is 0 Å². The van der Waals surface area contributed by atoms with Crippen LogP contribution >= 0.6 is 0 Å². The number of ether oxygens (including phenoxy) is 3. The summed E-state index contributed by atoms with van der Waals surface area (Å²) in [7, 11) is 0. The Bertz CT molecular complexity index is 1180. The predicted molar refractivity (Wildman–Crippen MR) is 153 cm³/mol. The van der Waals surface area contributed by atoms with E-state index >= 15 is 0 Å². The van der Waals surface area contributed by atoms with Gasteiger partial charge in [0.1, 0.15) is 18.2 Å². The lowest BCUT2D eigenvalue weighted by Gasteiger charge is -2.34. The van der Waals surface area contributed by atoms with E-state index in [1.165, 1.54) is 4.90 Å². The number of rotatable bonds is 1. The molecule has 1 unspecified atom stereocenters. The van der Waals surface area contributed by atoms with Crippen molar-refractivity contribution in [1.29, 1.82) is 0 Å². The summed E-state index contributed by atoms with van der Waals surface area (Å²) < 4.78 is 17.3. The molecule has 3 atom stereocenters. The van der Waals surface area contributed by atoms with Gasteiger partial charge in [-0.05, 0) is 40.4 Å². The molecule has 1 saturated heterocycles. The predicted octanol–water partition coefficient (Wildman–Crippen LogP) is 4.45. The molecule has 0 radical (unpaired) electrons. The van der Waals surface area contributed by atoms with Crippen LogP contribution in [0.5, 0.6) is 0 Å². The van der Waals surface area contributed by atoms with Crippen LogP contribution in [-0.4, -0.2) is 76.9 Å². The van der Waals surface area contributed by atoms with Gasteiger partial charge in [0, 0.05) is 19.6 Å². The lowest BCUT2D eigenvalue weighted by atomic mass is 9.85. The molecule has 0 aromatic heterocycles. The second kappa shape index (κ2) is 12.9. The van der Waals surface area contributed by atoms with Crippen LogP contribution < -0.4 is 5.32 Å². The van der Waals surface area contributed by atoms with Gasteiger partial charge in [-0.3, -0.25) is 9.69 Å². The number of alkyl carbamates (subject to hydrolysis) is 1. The first-order valence-electron chi connectivity index (χ1n) is 14.8. The van der Waals surface area contributed by atoms with Crippen LogP contribution in [0.15, 0.2) is 18.2 Å². The quantitative estimate of drug-likeness (QED) is 0.492. The summed E-state index contributed by atoms with van der Waals surface area (Å²) in [5, 5.41) is 12.6. The van der Waals surface area contributed by atoms with E-state index in [-0.39, 0.29) is 25.0 Å². The number of amides is 3. The maximum atomic E-state index is 13.8. The normalized spacial score (nSPS) is 26.3. The van der Waals surface area contributed by atoms with Gasteiger partial charge in [-0.25, -0.2) is 14.4 Å². The summed E-state index contributed by atoms with van der Waals surface area (Å²) in [6.45, 7) is 11.4. The molecule has 3 amide bonds. The van der Waals surface area contributed by atoms with Crippen molar-refractivity contribution < 1.29 is 38.5 Å². The fourth-order valence-electron chi connectivity index (χ4n) is 5.81. The summed E-state index contributed by atoms with van der Waals surface area (Å²) in [5.41, 5.74) is 2.11. The van der Waals surface area contributed by atoms with Gasteiger partial charge in [-0.15, -0.1) is 0 Å². The molecule has 3 aliphatic rings. The molecule has 2 N–H and O–H groups in total. The van der Waals surface area contributed by atoms with Gasteiger partial charge >= 0.3 is 18.2 Å². The Morgan fingerprint density at radius 2 is 1.81 bits per heavy atom. The van der Waals surface area contributed by atoms with Crippen LogP contribution in [0.4, 0.5) is 9.59 Å². The average molecular weight is 588 g/mol. The van der Waals surface area contributed by atoms with Crippen LogP contribution in [0.25, 0.3) is 0 Å². The van der Waals surface area contributed by atoms with E-state index in [0.29, 0.717) is 26.3 Å². The number of nitrogens with zero attached hydrogens (tertiary/aromatic N) is 2. The molecular formula is C31H45N3O8. The van der Waals surface area contributed by atoms with Gasteiger partial charge in [0.15, 0.2) is 0 Å². The summed E-state index contributed by atoms with van der Waals surface area (Å²) >= 11 is 0. The molecule has 4 bridgehead atoms. The number of carboxylic acid groups (broad SMARTS) is 1. The molecular weight excluding hydrogens is 542 g/mol. The highest BCUT2D eigenvalue weighted by Gasteiger charge is 2.46. The molecule has 1 aromatic rings.